The van der Waals surface area contributed by atoms with E-state index >= 15 is 0 Å². The minimum Gasteiger partial charge on any atom is -0.378 e. The molecule has 1 aliphatic heterocycles. The molecule has 4 rings (SSSR count). The summed E-state index contributed by atoms with van der Waals surface area (Å²) < 4.78 is 42.4. The van der Waals surface area contributed by atoms with Gasteiger partial charge in [0.2, 0.25) is 15.9 Å². The van der Waals surface area contributed by atoms with Crippen molar-refractivity contribution in [3.05, 3.63) is 54.1 Å². The number of sulfonamides is 1. The van der Waals surface area contributed by atoms with E-state index in [0.29, 0.717) is 42.9 Å². The van der Waals surface area contributed by atoms with E-state index in [1.54, 1.807) is 41.3 Å². The fraction of sp³-hybridized carbons (Fsp3) is 0.278. The zero-order valence-electron chi connectivity index (χ0n) is 14.8. The Morgan fingerprint density at radius 2 is 1.82 bits per heavy atom. The molecule has 0 bridgehead atoms. The van der Waals surface area contributed by atoms with Gasteiger partial charge in [-0.05, 0) is 17.7 Å². The Morgan fingerprint density at radius 1 is 1.07 bits per heavy atom. The van der Waals surface area contributed by atoms with Gasteiger partial charge in [-0.3, -0.25) is 4.79 Å². The summed E-state index contributed by atoms with van der Waals surface area (Å²) in [6, 6.07) is 12.6. The van der Waals surface area contributed by atoms with Gasteiger partial charge in [0.15, 0.2) is 0 Å². The van der Waals surface area contributed by atoms with Crippen molar-refractivity contribution in [1.82, 2.24) is 18.4 Å². The van der Waals surface area contributed by atoms with Crippen LogP contribution >= 0.6 is 11.7 Å². The van der Waals surface area contributed by atoms with Crippen molar-refractivity contribution in [2.24, 2.45) is 0 Å². The van der Waals surface area contributed by atoms with Gasteiger partial charge in [-0.15, -0.1) is 0 Å². The predicted octanol–water partition coefficient (Wildman–Crippen LogP) is 1.57. The van der Waals surface area contributed by atoms with Gasteiger partial charge in [0, 0.05) is 13.1 Å². The summed E-state index contributed by atoms with van der Waals surface area (Å²) in [7, 11) is -4.01. The molecular formula is C18H18N4O4S2. The highest BCUT2D eigenvalue weighted by molar-refractivity contribution is 7.89. The number of hydrogen-bond donors (Lipinski definition) is 1. The predicted molar refractivity (Wildman–Crippen MR) is 104 cm³/mol. The lowest BCUT2D eigenvalue weighted by atomic mass is 10.1. The summed E-state index contributed by atoms with van der Waals surface area (Å²) in [5.41, 5.74) is 1.38. The zero-order valence-corrected chi connectivity index (χ0v) is 16.4. The zero-order chi connectivity index (χ0) is 19.6. The average Bonchev–Trinajstić information content (AvgIpc) is 3.21. The number of carbonyl (C=O) groups excluding carboxylic acids is 1. The molecule has 1 saturated heterocycles. The van der Waals surface area contributed by atoms with Gasteiger partial charge in [-0.25, -0.2) is 8.42 Å². The van der Waals surface area contributed by atoms with Crippen molar-refractivity contribution < 1.29 is 17.9 Å². The quantitative estimate of drug-likeness (QED) is 0.675. The Bertz CT molecular complexity index is 1080. The van der Waals surface area contributed by atoms with E-state index in [9.17, 15) is 13.2 Å². The molecule has 0 spiro atoms. The number of benzene rings is 2. The van der Waals surface area contributed by atoms with E-state index in [1.165, 1.54) is 6.07 Å². The first-order valence-corrected chi connectivity index (χ1v) is 10.9. The molecule has 3 aromatic rings. The van der Waals surface area contributed by atoms with E-state index in [1.807, 2.05) is 6.07 Å². The Kier molecular flexibility index (Phi) is 5.36. The van der Waals surface area contributed by atoms with E-state index in [0.717, 1.165) is 11.7 Å². The van der Waals surface area contributed by atoms with Gasteiger partial charge in [0.1, 0.15) is 22.0 Å². The number of carbonyl (C=O) groups is 1. The first kappa shape index (κ1) is 18.9. The molecule has 0 radical (unpaired) electrons. The Labute approximate surface area is 166 Å². The number of nitrogens with one attached hydrogen (secondary N) is 1. The third-order valence-electron chi connectivity index (χ3n) is 4.51. The lowest BCUT2D eigenvalue weighted by Gasteiger charge is -2.30. The molecule has 2 heterocycles. The van der Waals surface area contributed by atoms with Crippen molar-refractivity contribution in [3.8, 4) is 0 Å². The van der Waals surface area contributed by atoms with Crippen LogP contribution in [0.1, 0.15) is 11.6 Å². The van der Waals surface area contributed by atoms with Crippen LogP contribution in [0.2, 0.25) is 0 Å². The fourth-order valence-electron chi connectivity index (χ4n) is 3.09. The summed E-state index contributed by atoms with van der Waals surface area (Å²) in [5.74, 6) is -0.304. The molecule has 146 valence electrons. The third kappa shape index (κ3) is 3.76. The van der Waals surface area contributed by atoms with E-state index in [4.69, 9.17) is 4.74 Å². The number of rotatable bonds is 5. The van der Waals surface area contributed by atoms with E-state index in [-0.39, 0.29) is 10.8 Å². The van der Waals surface area contributed by atoms with Crippen molar-refractivity contribution in [1.29, 1.82) is 0 Å². The summed E-state index contributed by atoms with van der Waals surface area (Å²) in [5, 5.41) is 0. The molecule has 1 amide bonds. The monoisotopic (exact) mass is 418 g/mol. The minimum atomic E-state index is -4.01. The van der Waals surface area contributed by atoms with Crippen LogP contribution in [0.4, 0.5) is 0 Å². The second-order valence-electron chi connectivity index (χ2n) is 6.29. The van der Waals surface area contributed by atoms with E-state index < -0.39 is 16.1 Å². The van der Waals surface area contributed by atoms with Crippen molar-refractivity contribution in [2.45, 2.75) is 10.9 Å². The molecule has 0 saturated carbocycles. The fourth-order valence-corrected chi connectivity index (χ4v) is 5.03. The first-order valence-electron chi connectivity index (χ1n) is 8.71. The molecule has 1 unspecified atom stereocenters. The average molecular weight is 419 g/mol. The van der Waals surface area contributed by atoms with Gasteiger partial charge >= 0.3 is 0 Å². The lowest BCUT2D eigenvalue weighted by molar-refractivity contribution is -0.137. The van der Waals surface area contributed by atoms with Crippen LogP contribution in [0.15, 0.2) is 53.4 Å². The number of nitrogens with zero attached hydrogens (tertiary/aromatic N) is 3. The van der Waals surface area contributed by atoms with Crippen LogP contribution in [0.5, 0.6) is 0 Å². The molecule has 8 nitrogen and oxygen atoms in total. The second kappa shape index (κ2) is 7.92. The van der Waals surface area contributed by atoms with Gasteiger partial charge in [0.25, 0.3) is 0 Å². The SMILES string of the molecule is O=C(C(NS(=O)(=O)c1cccc2nsnc12)c1ccccc1)N1CCOCC1. The lowest BCUT2D eigenvalue weighted by Crippen LogP contribution is -2.47. The highest BCUT2D eigenvalue weighted by Gasteiger charge is 2.32. The standard InChI is InChI=1S/C18H18N4O4S2/c23-18(22-9-11-26-12-10-22)16(13-5-2-1-3-6-13)21-28(24,25)15-8-4-7-14-17(15)20-27-19-14/h1-8,16,21H,9-12H2. The Morgan fingerprint density at radius 3 is 2.57 bits per heavy atom. The summed E-state index contributed by atoms with van der Waals surface area (Å²) in [6.45, 7) is 1.72. The van der Waals surface area contributed by atoms with Gasteiger partial charge in [-0.2, -0.15) is 13.5 Å². The van der Waals surface area contributed by atoms with Crippen molar-refractivity contribution >= 4 is 38.7 Å². The first-order chi connectivity index (χ1) is 13.6. The van der Waals surface area contributed by atoms with Crippen molar-refractivity contribution in [2.75, 3.05) is 26.3 Å². The Hall–Kier alpha value is -2.40. The molecule has 1 aromatic heterocycles. The number of fused-ring (bicyclic) bond motifs is 1. The number of aromatic nitrogens is 2. The largest absolute Gasteiger partial charge is 0.378 e. The maximum atomic E-state index is 13.1. The molecule has 0 aliphatic carbocycles. The Balaban J connectivity index is 1.70. The van der Waals surface area contributed by atoms with Crippen LogP contribution < -0.4 is 4.72 Å². The molecule has 1 aliphatic rings. The van der Waals surface area contributed by atoms with Crippen LogP contribution in [0.3, 0.4) is 0 Å². The van der Waals surface area contributed by atoms with Crippen molar-refractivity contribution in [3.63, 3.8) is 0 Å². The second-order valence-corrected chi connectivity index (χ2v) is 8.50. The normalized spacial score (nSPS) is 16.2. The summed E-state index contributed by atoms with van der Waals surface area (Å²) >= 11 is 0.946. The molecule has 1 N–H and O–H groups in total. The molecule has 1 fully saturated rings. The van der Waals surface area contributed by atoms with Crippen LogP contribution in [-0.2, 0) is 19.6 Å². The van der Waals surface area contributed by atoms with Crippen LogP contribution in [-0.4, -0.2) is 54.3 Å². The summed E-state index contributed by atoms with van der Waals surface area (Å²) in [6.07, 6.45) is 0. The third-order valence-corrected chi connectivity index (χ3v) is 6.51. The highest BCUT2D eigenvalue weighted by Crippen LogP contribution is 2.24. The topological polar surface area (TPSA) is 101 Å². The van der Waals surface area contributed by atoms with Gasteiger partial charge in [-0.1, -0.05) is 36.4 Å². The number of amides is 1. The van der Waals surface area contributed by atoms with Gasteiger partial charge < -0.3 is 9.64 Å². The molecule has 2 aromatic carbocycles. The maximum absolute atomic E-state index is 13.1. The molecular weight excluding hydrogens is 400 g/mol. The minimum absolute atomic E-state index is 0.00876. The summed E-state index contributed by atoms with van der Waals surface area (Å²) in [4.78, 5) is 14.8. The molecule has 28 heavy (non-hydrogen) atoms. The van der Waals surface area contributed by atoms with Crippen LogP contribution in [0.25, 0.3) is 11.0 Å². The molecule has 1 atom stereocenters. The van der Waals surface area contributed by atoms with Gasteiger partial charge in [0.05, 0.1) is 24.9 Å². The molecule has 10 heteroatoms. The smallest absolute Gasteiger partial charge is 0.245 e. The number of hydrogen-bond acceptors (Lipinski definition) is 7. The number of ether oxygens (including phenoxy) is 1. The highest BCUT2D eigenvalue weighted by atomic mass is 32.2. The number of morpholine rings is 1. The van der Waals surface area contributed by atoms with Crippen LogP contribution in [0, 0.1) is 0 Å². The van der Waals surface area contributed by atoms with E-state index in [2.05, 4.69) is 13.5 Å². The maximum Gasteiger partial charge on any atom is 0.245 e.